The van der Waals surface area contributed by atoms with Crippen molar-refractivity contribution in [3.63, 3.8) is 0 Å². The third-order valence-corrected chi connectivity index (χ3v) is 2.25. The van der Waals surface area contributed by atoms with E-state index in [-0.39, 0.29) is 23.6 Å². The normalized spacial score (nSPS) is 10.5. The molecule has 0 saturated carbocycles. The molecule has 0 radical (unpaired) electrons. The predicted octanol–water partition coefficient (Wildman–Crippen LogP) is 1.47. The lowest BCUT2D eigenvalue weighted by atomic mass is 10.2. The molecule has 0 amide bonds. The SMILES string of the molecule is CCc1c(O)nc(-c2ccc([N+](=O)[O-])o2)oc1=O. The lowest BCUT2D eigenvalue weighted by Crippen LogP contribution is -2.08. The molecule has 0 bridgehead atoms. The molecule has 2 rings (SSSR count). The minimum atomic E-state index is -0.751. The van der Waals surface area contributed by atoms with Crippen molar-refractivity contribution in [2.75, 3.05) is 0 Å². The van der Waals surface area contributed by atoms with E-state index >= 15 is 0 Å². The third kappa shape index (κ3) is 1.95. The first kappa shape index (κ1) is 11.8. The zero-order valence-corrected chi connectivity index (χ0v) is 9.24. The topological polar surface area (TPSA) is 120 Å². The van der Waals surface area contributed by atoms with Crippen molar-refractivity contribution < 1.29 is 18.9 Å². The Hall–Kier alpha value is -2.64. The standard InChI is InChI=1S/C10H8N2O6/c1-2-5-8(13)11-9(18-10(5)14)6-3-4-7(17-6)12(15)16/h3-4,13H,2H2,1H3. The number of furan rings is 1. The summed E-state index contributed by atoms with van der Waals surface area (Å²) in [6, 6.07) is 2.33. The average Bonchev–Trinajstić information content (AvgIpc) is 2.77. The van der Waals surface area contributed by atoms with E-state index in [2.05, 4.69) is 4.98 Å². The Labute approximate surface area is 99.6 Å². The Morgan fingerprint density at radius 3 is 2.67 bits per heavy atom. The van der Waals surface area contributed by atoms with Gasteiger partial charge in [-0.25, -0.2) is 4.79 Å². The minimum Gasteiger partial charge on any atom is -0.493 e. The van der Waals surface area contributed by atoms with Crippen LogP contribution >= 0.6 is 0 Å². The second-order valence-corrected chi connectivity index (χ2v) is 3.36. The number of rotatable bonds is 3. The first-order valence-corrected chi connectivity index (χ1v) is 5.00. The molecule has 2 aromatic heterocycles. The summed E-state index contributed by atoms with van der Waals surface area (Å²) in [5, 5.41) is 19.9. The molecule has 0 spiro atoms. The van der Waals surface area contributed by atoms with Gasteiger partial charge in [-0.2, -0.15) is 4.98 Å². The molecule has 0 atom stereocenters. The molecular weight excluding hydrogens is 244 g/mol. The molecule has 2 aromatic rings. The van der Waals surface area contributed by atoms with Crippen LogP contribution in [-0.4, -0.2) is 15.0 Å². The molecule has 1 N–H and O–H groups in total. The highest BCUT2D eigenvalue weighted by Gasteiger charge is 2.18. The summed E-state index contributed by atoms with van der Waals surface area (Å²) in [6.45, 7) is 1.66. The Morgan fingerprint density at radius 1 is 1.44 bits per heavy atom. The van der Waals surface area contributed by atoms with Crippen LogP contribution in [0.2, 0.25) is 0 Å². The summed E-state index contributed by atoms with van der Waals surface area (Å²) in [5.74, 6) is -1.38. The van der Waals surface area contributed by atoms with Gasteiger partial charge in [0.15, 0.2) is 5.76 Å². The molecule has 8 heteroatoms. The van der Waals surface area contributed by atoms with Crippen LogP contribution in [0.3, 0.4) is 0 Å². The van der Waals surface area contributed by atoms with E-state index in [1.165, 1.54) is 6.07 Å². The van der Waals surface area contributed by atoms with Gasteiger partial charge in [0.2, 0.25) is 5.88 Å². The lowest BCUT2D eigenvalue weighted by Gasteiger charge is -1.99. The molecule has 0 aliphatic rings. The molecule has 0 unspecified atom stereocenters. The van der Waals surface area contributed by atoms with Crippen LogP contribution < -0.4 is 5.63 Å². The first-order valence-electron chi connectivity index (χ1n) is 5.00. The van der Waals surface area contributed by atoms with Crippen molar-refractivity contribution in [3.05, 3.63) is 38.2 Å². The highest BCUT2D eigenvalue weighted by atomic mass is 16.6. The molecule has 0 aromatic carbocycles. The van der Waals surface area contributed by atoms with Gasteiger partial charge in [0.05, 0.1) is 11.6 Å². The van der Waals surface area contributed by atoms with Crippen LogP contribution in [0, 0.1) is 10.1 Å². The number of hydrogen-bond donors (Lipinski definition) is 1. The van der Waals surface area contributed by atoms with E-state index < -0.39 is 22.3 Å². The summed E-state index contributed by atoms with van der Waals surface area (Å²) in [6.07, 6.45) is 0.264. The van der Waals surface area contributed by atoms with Crippen molar-refractivity contribution in [2.24, 2.45) is 0 Å². The van der Waals surface area contributed by atoms with Crippen molar-refractivity contribution in [2.45, 2.75) is 13.3 Å². The van der Waals surface area contributed by atoms with E-state index in [4.69, 9.17) is 8.83 Å². The fourth-order valence-electron chi connectivity index (χ4n) is 1.38. The number of nitro groups is 1. The van der Waals surface area contributed by atoms with Gasteiger partial charge in [-0.1, -0.05) is 6.92 Å². The van der Waals surface area contributed by atoms with E-state index in [0.717, 1.165) is 6.07 Å². The van der Waals surface area contributed by atoms with Crippen LogP contribution in [0.4, 0.5) is 5.88 Å². The van der Waals surface area contributed by atoms with E-state index in [9.17, 15) is 20.0 Å². The molecule has 2 heterocycles. The zero-order valence-electron chi connectivity index (χ0n) is 9.24. The van der Waals surface area contributed by atoms with Crippen LogP contribution in [-0.2, 0) is 6.42 Å². The quantitative estimate of drug-likeness (QED) is 0.648. The van der Waals surface area contributed by atoms with Gasteiger partial charge in [0, 0.05) is 0 Å². The Kier molecular flexibility index (Phi) is 2.84. The summed E-state index contributed by atoms with van der Waals surface area (Å²) in [7, 11) is 0. The Morgan fingerprint density at radius 2 is 2.17 bits per heavy atom. The lowest BCUT2D eigenvalue weighted by molar-refractivity contribution is -0.401. The number of nitrogens with zero attached hydrogens (tertiary/aromatic N) is 2. The van der Waals surface area contributed by atoms with Crippen molar-refractivity contribution >= 4 is 5.88 Å². The summed E-state index contributed by atoms with van der Waals surface area (Å²) < 4.78 is 9.63. The van der Waals surface area contributed by atoms with Crippen LogP contribution in [0.1, 0.15) is 12.5 Å². The van der Waals surface area contributed by atoms with Crippen molar-refractivity contribution in [1.82, 2.24) is 4.98 Å². The number of hydrogen-bond acceptors (Lipinski definition) is 7. The molecule has 18 heavy (non-hydrogen) atoms. The third-order valence-electron chi connectivity index (χ3n) is 2.25. The molecule has 0 saturated heterocycles. The maximum absolute atomic E-state index is 11.5. The van der Waals surface area contributed by atoms with Crippen LogP contribution in [0.25, 0.3) is 11.7 Å². The largest absolute Gasteiger partial charge is 0.493 e. The van der Waals surface area contributed by atoms with Crippen molar-refractivity contribution in [1.29, 1.82) is 0 Å². The van der Waals surface area contributed by atoms with Crippen LogP contribution in [0.15, 0.2) is 25.8 Å². The molecule has 94 valence electrons. The average molecular weight is 252 g/mol. The van der Waals surface area contributed by atoms with E-state index in [0.29, 0.717) is 0 Å². The Bertz CT molecular complexity index is 657. The van der Waals surface area contributed by atoms with Gasteiger partial charge in [0.1, 0.15) is 4.92 Å². The molecule has 0 aliphatic heterocycles. The number of aromatic hydroxyl groups is 1. The summed E-state index contributed by atoms with van der Waals surface area (Å²) in [4.78, 5) is 24.8. The summed E-state index contributed by atoms with van der Waals surface area (Å²) >= 11 is 0. The summed E-state index contributed by atoms with van der Waals surface area (Å²) in [5.41, 5.74) is -0.709. The van der Waals surface area contributed by atoms with Crippen LogP contribution in [0.5, 0.6) is 5.88 Å². The van der Waals surface area contributed by atoms with Gasteiger partial charge >= 0.3 is 11.5 Å². The fraction of sp³-hybridized carbons (Fsp3) is 0.200. The molecule has 0 fully saturated rings. The zero-order chi connectivity index (χ0) is 13.3. The Balaban J connectivity index is 2.51. The maximum atomic E-state index is 11.5. The molecule has 0 aliphatic carbocycles. The monoisotopic (exact) mass is 252 g/mol. The van der Waals surface area contributed by atoms with E-state index in [1.807, 2.05) is 0 Å². The smallest absolute Gasteiger partial charge is 0.433 e. The highest BCUT2D eigenvalue weighted by molar-refractivity contribution is 5.47. The highest BCUT2D eigenvalue weighted by Crippen LogP contribution is 2.25. The molecule has 8 nitrogen and oxygen atoms in total. The minimum absolute atomic E-state index is 0.0415. The predicted molar refractivity (Wildman–Crippen MR) is 58.2 cm³/mol. The van der Waals surface area contributed by atoms with Gasteiger partial charge < -0.3 is 13.9 Å². The van der Waals surface area contributed by atoms with Gasteiger partial charge in [0.25, 0.3) is 5.89 Å². The maximum Gasteiger partial charge on any atom is 0.433 e. The molecular formula is C10H8N2O6. The van der Waals surface area contributed by atoms with Gasteiger partial charge in [-0.3, -0.25) is 10.1 Å². The van der Waals surface area contributed by atoms with Gasteiger partial charge in [-0.05, 0) is 12.5 Å². The van der Waals surface area contributed by atoms with E-state index in [1.54, 1.807) is 6.92 Å². The first-order chi connectivity index (χ1) is 8.52. The fourth-order valence-corrected chi connectivity index (χ4v) is 1.38. The van der Waals surface area contributed by atoms with Gasteiger partial charge in [-0.15, -0.1) is 0 Å². The second kappa shape index (κ2) is 4.32. The second-order valence-electron chi connectivity index (χ2n) is 3.36. The number of aromatic nitrogens is 1. The van der Waals surface area contributed by atoms with Crippen molar-refractivity contribution in [3.8, 4) is 17.5 Å².